The zero-order chi connectivity index (χ0) is 20.8. The maximum atomic E-state index is 13.2. The molecule has 0 bridgehead atoms. The van der Waals surface area contributed by atoms with Crippen LogP contribution in [0.4, 0.5) is 17.2 Å². The van der Waals surface area contributed by atoms with Gasteiger partial charge < -0.3 is 15.1 Å². The van der Waals surface area contributed by atoms with Gasteiger partial charge in [-0.3, -0.25) is 4.79 Å². The first-order valence-electron chi connectivity index (χ1n) is 9.79. The van der Waals surface area contributed by atoms with Gasteiger partial charge in [-0.2, -0.15) is 0 Å². The largest absolute Gasteiger partial charge is 0.378 e. The number of pyridine rings is 1. The van der Waals surface area contributed by atoms with Crippen LogP contribution < -0.4 is 10.2 Å². The number of aromatic nitrogens is 1. The Bertz CT molecular complexity index is 937. The molecule has 2 aromatic carbocycles. The van der Waals surface area contributed by atoms with Gasteiger partial charge in [-0.15, -0.1) is 0 Å². The summed E-state index contributed by atoms with van der Waals surface area (Å²) in [5.41, 5.74) is 3.79. The average Bonchev–Trinajstić information content (AvgIpc) is 2.72. The number of carbonyl (C=O) groups excluding carboxylic acids is 1. The zero-order valence-corrected chi connectivity index (χ0v) is 17.5. The van der Waals surface area contributed by atoms with Crippen LogP contribution >= 0.6 is 0 Å². The van der Waals surface area contributed by atoms with E-state index in [9.17, 15) is 4.79 Å². The fraction of sp³-hybridized carbons (Fsp3) is 0.250. The summed E-state index contributed by atoms with van der Waals surface area (Å²) in [7, 11) is 4.02. The summed E-state index contributed by atoms with van der Waals surface area (Å²) >= 11 is 0. The van der Waals surface area contributed by atoms with E-state index < -0.39 is 0 Å². The van der Waals surface area contributed by atoms with Crippen LogP contribution in [0.15, 0.2) is 72.9 Å². The minimum absolute atomic E-state index is 0.00254. The molecule has 0 spiro atoms. The average molecular weight is 389 g/mol. The standard InChI is InChI=1S/C24H28N4O/c1-18(2)28(17-19-8-6-5-7-9-19)24(29)20-14-15-25-23(16-20)26-21-10-12-22(13-11-21)27(3)4/h5-16,18H,17H2,1-4H3,(H,25,26). The Balaban J connectivity index is 1.77. The van der Waals surface area contributed by atoms with Crippen molar-refractivity contribution >= 4 is 23.1 Å². The molecule has 29 heavy (non-hydrogen) atoms. The van der Waals surface area contributed by atoms with Gasteiger partial charge in [-0.05, 0) is 55.8 Å². The molecule has 3 aromatic rings. The number of hydrogen-bond donors (Lipinski definition) is 1. The molecule has 3 rings (SSSR count). The molecule has 1 heterocycles. The lowest BCUT2D eigenvalue weighted by Crippen LogP contribution is -2.36. The van der Waals surface area contributed by atoms with Crippen LogP contribution in [0.2, 0.25) is 0 Å². The Kier molecular flexibility index (Phi) is 6.50. The van der Waals surface area contributed by atoms with Gasteiger partial charge in [0, 0.05) is 49.8 Å². The number of carbonyl (C=O) groups is 1. The van der Waals surface area contributed by atoms with E-state index in [1.165, 1.54) is 0 Å². The van der Waals surface area contributed by atoms with Crippen molar-refractivity contribution < 1.29 is 4.79 Å². The van der Waals surface area contributed by atoms with Gasteiger partial charge in [0.15, 0.2) is 0 Å². The van der Waals surface area contributed by atoms with Crippen molar-refractivity contribution in [3.05, 3.63) is 84.1 Å². The van der Waals surface area contributed by atoms with Gasteiger partial charge in [0.1, 0.15) is 5.82 Å². The highest BCUT2D eigenvalue weighted by Crippen LogP contribution is 2.21. The summed E-state index contributed by atoms with van der Waals surface area (Å²) in [6, 6.07) is 21.8. The van der Waals surface area contributed by atoms with Gasteiger partial charge in [0.05, 0.1) is 0 Å². The molecule has 0 saturated heterocycles. The third-order valence-corrected chi connectivity index (χ3v) is 4.74. The van der Waals surface area contributed by atoms with E-state index in [-0.39, 0.29) is 11.9 Å². The van der Waals surface area contributed by atoms with Crippen LogP contribution in [0.25, 0.3) is 0 Å². The van der Waals surface area contributed by atoms with Gasteiger partial charge in [-0.25, -0.2) is 4.98 Å². The van der Waals surface area contributed by atoms with E-state index in [4.69, 9.17) is 0 Å². The van der Waals surface area contributed by atoms with Crippen molar-refractivity contribution in [3.8, 4) is 0 Å². The summed E-state index contributed by atoms with van der Waals surface area (Å²) in [4.78, 5) is 21.5. The zero-order valence-electron chi connectivity index (χ0n) is 17.5. The summed E-state index contributed by atoms with van der Waals surface area (Å²) in [6.07, 6.45) is 1.67. The van der Waals surface area contributed by atoms with Gasteiger partial charge in [0.2, 0.25) is 0 Å². The summed E-state index contributed by atoms with van der Waals surface area (Å²) in [5.74, 6) is 0.647. The van der Waals surface area contributed by atoms with E-state index in [1.807, 2.05) is 93.5 Å². The molecule has 0 aliphatic heterocycles. The Morgan fingerprint density at radius 3 is 2.31 bits per heavy atom. The number of hydrogen-bond acceptors (Lipinski definition) is 4. The molecule has 0 aliphatic rings. The fourth-order valence-electron chi connectivity index (χ4n) is 3.06. The van der Waals surface area contributed by atoms with Crippen LogP contribution in [0.3, 0.4) is 0 Å². The van der Waals surface area contributed by atoms with Crippen molar-refractivity contribution in [2.45, 2.75) is 26.4 Å². The van der Waals surface area contributed by atoms with E-state index in [0.717, 1.165) is 16.9 Å². The second-order valence-corrected chi connectivity index (χ2v) is 7.51. The van der Waals surface area contributed by atoms with Crippen molar-refractivity contribution in [2.75, 3.05) is 24.3 Å². The molecule has 1 amide bonds. The lowest BCUT2D eigenvalue weighted by molar-refractivity contribution is 0.0690. The highest BCUT2D eigenvalue weighted by Gasteiger charge is 2.19. The summed E-state index contributed by atoms with van der Waals surface area (Å²) in [6.45, 7) is 4.65. The molecule has 5 nitrogen and oxygen atoms in total. The predicted octanol–water partition coefficient (Wildman–Crippen LogP) is 4.94. The molecule has 0 saturated carbocycles. The highest BCUT2D eigenvalue weighted by atomic mass is 16.2. The number of benzene rings is 2. The third kappa shape index (κ3) is 5.35. The molecule has 1 N–H and O–H groups in total. The van der Waals surface area contributed by atoms with Crippen molar-refractivity contribution in [1.82, 2.24) is 9.88 Å². The molecule has 0 unspecified atom stereocenters. The second-order valence-electron chi connectivity index (χ2n) is 7.51. The van der Waals surface area contributed by atoms with Crippen LogP contribution in [0.5, 0.6) is 0 Å². The quantitative estimate of drug-likeness (QED) is 0.623. The monoisotopic (exact) mass is 388 g/mol. The molecule has 0 radical (unpaired) electrons. The molecule has 150 valence electrons. The first-order valence-corrected chi connectivity index (χ1v) is 9.79. The van der Waals surface area contributed by atoms with Crippen LogP contribution in [0.1, 0.15) is 29.8 Å². The van der Waals surface area contributed by atoms with Gasteiger partial charge in [-0.1, -0.05) is 30.3 Å². The third-order valence-electron chi connectivity index (χ3n) is 4.74. The number of rotatable bonds is 7. The smallest absolute Gasteiger partial charge is 0.254 e. The van der Waals surface area contributed by atoms with Gasteiger partial charge >= 0.3 is 0 Å². The lowest BCUT2D eigenvalue weighted by Gasteiger charge is -2.27. The van der Waals surface area contributed by atoms with Crippen LogP contribution in [0, 0.1) is 0 Å². The number of amides is 1. The number of nitrogens with zero attached hydrogens (tertiary/aromatic N) is 3. The molecule has 5 heteroatoms. The van der Waals surface area contributed by atoms with Crippen molar-refractivity contribution in [2.24, 2.45) is 0 Å². The number of anilines is 3. The first-order chi connectivity index (χ1) is 13.9. The summed E-state index contributed by atoms with van der Waals surface area (Å²) in [5, 5.41) is 3.28. The molecule has 0 aliphatic carbocycles. The number of nitrogens with one attached hydrogen (secondary N) is 1. The van der Waals surface area contributed by atoms with Crippen LogP contribution in [-0.4, -0.2) is 35.9 Å². The first kappa shape index (κ1) is 20.4. The Hall–Kier alpha value is -3.34. The molecular formula is C24H28N4O. The maximum absolute atomic E-state index is 13.2. The molecule has 0 fully saturated rings. The van der Waals surface area contributed by atoms with Crippen molar-refractivity contribution in [1.29, 1.82) is 0 Å². The van der Waals surface area contributed by atoms with E-state index >= 15 is 0 Å². The Morgan fingerprint density at radius 1 is 1.00 bits per heavy atom. The van der Waals surface area contributed by atoms with E-state index in [2.05, 4.69) is 15.2 Å². The normalized spacial score (nSPS) is 10.7. The Labute approximate surface area is 173 Å². The van der Waals surface area contributed by atoms with E-state index in [0.29, 0.717) is 17.9 Å². The molecular weight excluding hydrogens is 360 g/mol. The highest BCUT2D eigenvalue weighted by molar-refractivity contribution is 5.95. The fourth-order valence-corrected chi connectivity index (χ4v) is 3.06. The van der Waals surface area contributed by atoms with Crippen LogP contribution in [-0.2, 0) is 6.54 Å². The minimum Gasteiger partial charge on any atom is -0.378 e. The second kappa shape index (κ2) is 9.24. The maximum Gasteiger partial charge on any atom is 0.254 e. The Morgan fingerprint density at radius 2 is 1.69 bits per heavy atom. The molecule has 1 aromatic heterocycles. The van der Waals surface area contributed by atoms with Crippen molar-refractivity contribution in [3.63, 3.8) is 0 Å². The predicted molar refractivity (Wildman–Crippen MR) is 120 cm³/mol. The SMILES string of the molecule is CC(C)N(Cc1ccccc1)C(=O)c1ccnc(Nc2ccc(N(C)C)cc2)c1. The summed E-state index contributed by atoms with van der Waals surface area (Å²) < 4.78 is 0. The molecule has 0 atom stereocenters. The van der Waals surface area contributed by atoms with E-state index in [1.54, 1.807) is 12.3 Å². The lowest BCUT2D eigenvalue weighted by atomic mass is 10.1. The minimum atomic E-state index is -0.00254. The van der Waals surface area contributed by atoms with Gasteiger partial charge in [0.25, 0.3) is 5.91 Å². The topological polar surface area (TPSA) is 48.5 Å².